The second-order valence-electron chi connectivity index (χ2n) is 6.20. The summed E-state index contributed by atoms with van der Waals surface area (Å²) in [6.45, 7) is 0.693. The van der Waals surface area contributed by atoms with Crippen LogP contribution in [0.25, 0.3) is 0 Å². The maximum absolute atomic E-state index is 12.8. The fourth-order valence-corrected chi connectivity index (χ4v) is 3.22. The third kappa shape index (κ3) is 3.11. The first-order chi connectivity index (χ1) is 12.7. The molecule has 1 aliphatic heterocycles. The van der Waals surface area contributed by atoms with E-state index in [9.17, 15) is 9.59 Å². The SMILES string of the molecule is O=C(Nc1ccc2c(c1)CCCN2C(=O)c1ccccc1)c1ccco1. The van der Waals surface area contributed by atoms with E-state index in [4.69, 9.17) is 4.42 Å². The normalized spacial score (nSPS) is 13.2. The van der Waals surface area contributed by atoms with Crippen LogP contribution in [0.15, 0.2) is 71.3 Å². The van der Waals surface area contributed by atoms with Crippen LogP contribution in [0.4, 0.5) is 11.4 Å². The number of hydrogen-bond acceptors (Lipinski definition) is 3. The Balaban J connectivity index is 1.58. The van der Waals surface area contributed by atoms with E-state index in [0.717, 1.165) is 24.1 Å². The zero-order chi connectivity index (χ0) is 17.9. The van der Waals surface area contributed by atoms with Crippen LogP contribution < -0.4 is 10.2 Å². The van der Waals surface area contributed by atoms with Gasteiger partial charge < -0.3 is 14.6 Å². The number of anilines is 2. The Kier molecular flexibility index (Phi) is 4.27. The lowest BCUT2D eigenvalue weighted by molar-refractivity contribution is 0.0981. The number of nitrogens with zero attached hydrogens (tertiary/aromatic N) is 1. The summed E-state index contributed by atoms with van der Waals surface area (Å²) in [5.74, 6) is -0.0227. The summed E-state index contributed by atoms with van der Waals surface area (Å²) in [7, 11) is 0. The van der Waals surface area contributed by atoms with Crippen LogP contribution >= 0.6 is 0 Å². The van der Waals surface area contributed by atoms with E-state index in [0.29, 0.717) is 17.8 Å². The van der Waals surface area contributed by atoms with Gasteiger partial charge in [0.2, 0.25) is 0 Å². The molecule has 5 heteroatoms. The quantitative estimate of drug-likeness (QED) is 0.776. The molecule has 130 valence electrons. The Morgan fingerprint density at radius 1 is 1.00 bits per heavy atom. The molecule has 1 N–H and O–H groups in total. The molecule has 2 heterocycles. The van der Waals surface area contributed by atoms with Crippen LogP contribution in [0.2, 0.25) is 0 Å². The molecule has 0 unspecified atom stereocenters. The molecule has 0 spiro atoms. The number of fused-ring (bicyclic) bond motifs is 1. The number of carbonyl (C=O) groups excluding carboxylic acids is 2. The van der Waals surface area contributed by atoms with Gasteiger partial charge >= 0.3 is 0 Å². The van der Waals surface area contributed by atoms with Gasteiger partial charge in [-0.05, 0) is 60.9 Å². The van der Waals surface area contributed by atoms with Crippen molar-refractivity contribution in [3.63, 3.8) is 0 Å². The highest BCUT2D eigenvalue weighted by Crippen LogP contribution is 2.31. The van der Waals surface area contributed by atoms with Gasteiger partial charge in [0.25, 0.3) is 11.8 Å². The van der Waals surface area contributed by atoms with Crippen molar-refractivity contribution in [1.29, 1.82) is 0 Å². The summed E-state index contributed by atoms with van der Waals surface area (Å²) in [5.41, 5.74) is 3.33. The fourth-order valence-electron chi connectivity index (χ4n) is 3.22. The molecule has 0 fully saturated rings. The minimum Gasteiger partial charge on any atom is -0.459 e. The number of nitrogens with one attached hydrogen (secondary N) is 1. The first kappa shape index (κ1) is 16.1. The van der Waals surface area contributed by atoms with E-state index >= 15 is 0 Å². The molecule has 0 saturated carbocycles. The molecule has 1 aromatic heterocycles. The van der Waals surface area contributed by atoms with E-state index in [1.54, 1.807) is 12.1 Å². The van der Waals surface area contributed by atoms with Crippen LogP contribution in [-0.4, -0.2) is 18.4 Å². The maximum atomic E-state index is 12.8. The number of aryl methyl sites for hydroxylation is 1. The lowest BCUT2D eigenvalue weighted by Crippen LogP contribution is -2.35. The second-order valence-corrected chi connectivity index (χ2v) is 6.20. The van der Waals surface area contributed by atoms with Gasteiger partial charge in [-0.3, -0.25) is 9.59 Å². The maximum Gasteiger partial charge on any atom is 0.291 e. The molecule has 4 rings (SSSR count). The molecular weight excluding hydrogens is 328 g/mol. The molecule has 3 aromatic rings. The Labute approximate surface area is 151 Å². The Bertz CT molecular complexity index is 933. The van der Waals surface area contributed by atoms with Crippen LogP contribution in [0.1, 0.15) is 32.9 Å². The summed E-state index contributed by atoms with van der Waals surface area (Å²) in [6, 6.07) is 18.2. The van der Waals surface area contributed by atoms with Gasteiger partial charge in [0.05, 0.1) is 6.26 Å². The Hall–Kier alpha value is -3.34. The largest absolute Gasteiger partial charge is 0.459 e. The molecular formula is C21H18N2O3. The summed E-state index contributed by atoms with van der Waals surface area (Å²) in [6.07, 6.45) is 3.23. The van der Waals surface area contributed by atoms with Crippen LogP contribution in [0.3, 0.4) is 0 Å². The van der Waals surface area contributed by atoms with Gasteiger partial charge in [-0.25, -0.2) is 0 Å². The van der Waals surface area contributed by atoms with Gasteiger partial charge in [0.15, 0.2) is 5.76 Å². The number of amides is 2. The first-order valence-electron chi connectivity index (χ1n) is 8.57. The lowest BCUT2D eigenvalue weighted by Gasteiger charge is -2.30. The summed E-state index contributed by atoms with van der Waals surface area (Å²) < 4.78 is 5.11. The average molecular weight is 346 g/mol. The van der Waals surface area contributed by atoms with E-state index in [-0.39, 0.29) is 17.6 Å². The molecule has 26 heavy (non-hydrogen) atoms. The van der Waals surface area contributed by atoms with Crippen molar-refractivity contribution in [2.45, 2.75) is 12.8 Å². The van der Waals surface area contributed by atoms with Crippen LogP contribution in [-0.2, 0) is 6.42 Å². The zero-order valence-corrected chi connectivity index (χ0v) is 14.1. The monoisotopic (exact) mass is 346 g/mol. The highest BCUT2D eigenvalue weighted by Gasteiger charge is 2.24. The number of furan rings is 1. The molecule has 0 radical (unpaired) electrons. The van der Waals surface area contributed by atoms with Gasteiger partial charge in [-0.15, -0.1) is 0 Å². The van der Waals surface area contributed by atoms with E-state index in [2.05, 4.69) is 5.32 Å². The first-order valence-corrected chi connectivity index (χ1v) is 8.57. The number of benzene rings is 2. The smallest absolute Gasteiger partial charge is 0.291 e. The minimum absolute atomic E-state index is 0.000999. The molecule has 2 aromatic carbocycles. The Morgan fingerprint density at radius 2 is 1.85 bits per heavy atom. The average Bonchev–Trinajstić information content (AvgIpc) is 3.22. The third-order valence-corrected chi connectivity index (χ3v) is 4.47. The van der Waals surface area contributed by atoms with Crippen molar-refractivity contribution in [3.05, 3.63) is 83.8 Å². The second kappa shape index (κ2) is 6.88. The van der Waals surface area contributed by atoms with Crippen LogP contribution in [0, 0.1) is 0 Å². The van der Waals surface area contributed by atoms with Crippen molar-refractivity contribution in [2.24, 2.45) is 0 Å². The molecule has 0 aliphatic carbocycles. The van der Waals surface area contributed by atoms with Crippen LogP contribution in [0.5, 0.6) is 0 Å². The highest BCUT2D eigenvalue weighted by molar-refractivity contribution is 6.07. The van der Waals surface area contributed by atoms with E-state index in [1.165, 1.54) is 6.26 Å². The standard InChI is InChI=1S/C21H18N2O3/c24-20(19-9-5-13-26-19)22-17-10-11-18-16(14-17)8-4-12-23(18)21(25)15-6-2-1-3-7-15/h1-3,5-7,9-11,13-14H,4,8,12H2,(H,22,24). The molecule has 0 bridgehead atoms. The lowest BCUT2D eigenvalue weighted by atomic mass is 10.00. The van der Waals surface area contributed by atoms with Crippen molar-refractivity contribution < 1.29 is 14.0 Å². The highest BCUT2D eigenvalue weighted by atomic mass is 16.3. The van der Waals surface area contributed by atoms with E-state index < -0.39 is 0 Å². The predicted octanol–water partition coefficient (Wildman–Crippen LogP) is 4.12. The molecule has 0 atom stereocenters. The van der Waals surface area contributed by atoms with Gasteiger partial charge in [0.1, 0.15) is 0 Å². The number of rotatable bonds is 3. The zero-order valence-electron chi connectivity index (χ0n) is 14.1. The van der Waals surface area contributed by atoms with Crippen molar-refractivity contribution in [1.82, 2.24) is 0 Å². The van der Waals surface area contributed by atoms with E-state index in [1.807, 2.05) is 53.4 Å². The van der Waals surface area contributed by atoms with Gasteiger partial charge in [-0.1, -0.05) is 18.2 Å². The Morgan fingerprint density at radius 3 is 2.62 bits per heavy atom. The molecule has 5 nitrogen and oxygen atoms in total. The summed E-state index contributed by atoms with van der Waals surface area (Å²) >= 11 is 0. The molecule has 1 aliphatic rings. The van der Waals surface area contributed by atoms with Crippen molar-refractivity contribution in [3.8, 4) is 0 Å². The van der Waals surface area contributed by atoms with Crippen molar-refractivity contribution in [2.75, 3.05) is 16.8 Å². The summed E-state index contributed by atoms with van der Waals surface area (Å²) in [4.78, 5) is 26.8. The molecule has 2 amide bonds. The fraction of sp³-hybridized carbons (Fsp3) is 0.143. The van der Waals surface area contributed by atoms with Crippen molar-refractivity contribution >= 4 is 23.2 Å². The molecule has 0 saturated heterocycles. The predicted molar refractivity (Wildman–Crippen MR) is 99.5 cm³/mol. The topological polar surface area (TPSA) is 62.6 Å². The number of hydrogen-bond donors (Lipinski definition) is 1. The summed E-state index contributed by atoms with van der Waals surface area (Å²) in [5, 5.41) is 2.83. The number of carbonyl (C=O) groups is 2. The van der Waals surface area contributed by atoms with Gasteiger partial charge in [-0.2, -0.15) is 0 Å². The van der Waals surface area contributed by atoms with Gasteiger partial charge in [0, 0.05) is 23.5 Å². The third-order valence-electron chi connectivity index (χ3n) is 4.47. The minimum atomic E-state index is -0.289.